The minimum atomic E-state index is -2.66. The smallest absolute Gasteiger partial charge is 0.176 e. The van der Waals surface area contributed by atoms with E-state index in [-0.39, 0.29) is 15.8 Å². The van der Waals surface area contributed by atoms with Gasteiger partial charge in [-0.05, 0) is 12.1 Å². The third-order valence-electron chi connectivity index (χ3n) is 1.07. The lowest BCUT2D eigenvalue weighted by molar-refractivity contribution is 0.440. The molecule has 0 aliphatic heterocycles. The Balaban J connectivity index is 3.04. The van der Waals surface area contributed by atoms with Crippen molar-refractivity contribution in [1.29, 1.82) is 0 Å². The van der Waals surface area contributed by atoms with Crippen molar-refractivity contribution in [3.8, 4) is 5.75 Å². The highest BCUT2D eigenvalue weighted by Gasteiger charge is 2.06. The molecule has 0 radical (unpaired) electrons. The summed E-state index contributed by atoms with van der Waals surface area (Å²) in [6.45, 7) is 0. The highest BCUT2D eigenvalue weighted by atomic mass is 35.5. The van der Waals surface area contributed by atoms with Crippen LogP contribution in [0.1, 0.15) is 0 Å². The van der Waals surface area contributed by atoms with Gasteiger partial charge >= 0.3 is 0 Å². The fraction of sp³-hybridized carbons (Fsp3) is 0. The second-order valence-corrected chi connectivity index (χ2v) is 3.23. The van der Waals surface area contributed by atoms with Gasteiger partial charge in [-0.15, -0.1) is 0 Å². The van der Waals surface area contributed by atoms with E-state index < -0.39 is 11.4 Å². The molecule has 0 saturated heterocycles. The van der Waals surface area contributed by atoms with E-state index in [4.69, 9.17) is 23.2 Å². The average Bonchev–Trinajstić information content (AvgIpc) is 1.97. The summed E-state index contributed by atoms with van der Waals surface area (Å²) in [5.74, 6) is -0.0471. The zero-order chi connectivity index (χ0) is 9.14. The minimum absolute atomic E-state index is 0.0471. The molecule has 1 rings (SSSR count). The molecule has 0 fully saturated rings. The van der Waals surface area contributed by atoms with Gasteiger partial charge in [-0.1, -0.05) is 29.3 Å². The van der Waals surface area contributed by atoms with Gasteiger partial charge in [0.15, 0.2) is 5.75 Å². The molecule has 0 aromatic heterocycles. The molecule has 12 heavy (non-hydrogen) atoms. The third kappa shape index (κ3) is 2.35. The van der Waals surface area contributed by atoms with Gasteiger partial charge in [0.25, 0.3) is 0 Å². The maximum absolute atomic E-state index is 10.1. The van der Waals surface area contributed by atoms with E-state index in [1.165, 1.54) is 12.1 Å². The van der Waals surface area contributed by atoms with Crippen LogP contribution in [0.25, 0.3) is 0 Å². The van der Waals surface area contributed by atoms with E-state index >= 15 is 0 Å². The molecular weight excluding hydrogens is 223 g/mol. The standard InChI is InChI=1S/C6H4Cl2O3S/c7-4-2-1-3-5(8)6(4)11-12(9)10/h1-3H,(H,9,10)/p-1. The van der Waals surface area contributed by atoms with Gasteiger partial charge < -0.3 is 8.74 Å². The summed E-state index contributed by atoms with van der Waals surface area (Å²) in [5.41, 5.74) is 0. The van der Waals surface area contributed by atoms with E-state index in [0.29, 0.717) is 0 Å². The van der Waals surface area contributed by atoms with Crippen LogP contribution >= 0.6 is 23.2 Å². The van der Waals surface area contributed by atoms with Crippen LogP contribution in [-0.2, 0) is 11.4 Å². The highest BCUT2D eigenvalue weighted by molar-refractivity contribution is 7.74. The third-order valence-corrected chi connectivity index (χ3v) is 1.97. The summed E-state index contributed by atoms with van der Waals surface area (Å²) in [6.07, 6.45) is 0. The molecule has 0 heterocycles. The Morgan fingerprint density at radius 2 is 1.83 bits per heavy atom. The fourth-order valence-electron chi connectivity index (χ4n) is 0.630. The van der Waals surface area contributed by atoms with Crippen LogP contribution in [0.2, 0.25) is 10.0 Å². The summed E-state index contributed by atoms with van der Waals surface area (Å²) in [6, 6.07) is 4.55. The van der Waals surface area contributed by atoms with Crippen molar-refractivity contribution >= 4 is 34.6 Å². The molecule has 0 aliphatic rings. The number of benzene rings is 1. The Bertz CT molecular complexity index is 295. The molecule has 0 aliphatic carbocycles. The predicted octanol–water partition coefficient (Wildman–Crippen LogP) is 2.17. The summed E-state index contributed by atoms with van der Waals surface area (Å²) in [5, 5.41) is 0.318. The van der Waals surface area contributed by atoms with Crippen LogP contribution in [0.4, 0.5) is 0 Å². The number of para-hydroxylation sites is 1. The van der Waals surface area contributed by atoms with Crippen molar-refractivity contribution in [1.82, 2.24) is 0 Å². The van der Waals surface area contributed by atoms with Gasteiger partial charge in [0.05, 0.1) is 10.0 Å². The Kier molecular flexibility index (Phi) is 3.34. The van der Waals surface area contributed by atoms with Crippen molar-refractivity contribution in [2.75, 3.05) is 0 Å². The Hall–Kier alpha value is -0.290. The molecule has 6 heteroatoms. The summed E-state index contributed by atoms with van der Waals surface area (Å²) < 4.78 is 24.6. The number of halogens is 2. The van der Waals surface area contributed by atoms with E-state index in [9.17, 15) is 8.76 Å². The molecule has 3 nitrogen and oxygen atoms in total. The molecular formula is C6H3Cl2O3S-. The fourth-order valence-corrected chi connectivity index (χ4v) is 1.51. The van der Waals surface area contributed by atoms with Crippen LogP contribution in [0.5, 0.6) is 5.75 Å². The Morgan fingerprint density at radius 3 is 2.25 bits per heavy atom. The first-order chi connectivity index (χ1) is 5.61. The van der Waals surface area contributed by atoms with Crippen LogP contribution in [-0.4, -0.2) is 8.76 Å². The Labute approximate surface area is 81.7 Å². The van der Waals surface area contributed by atoms with Crippen molar-refractivity contribution in [2.24, 2.45) is 0 Å². The zero-order valence-electron chi connectivity index (χ0n) is 5.62. The van der Waals surface area contributed by atoms with Gasteiger partial charge in [-0.3, -0.25) is 0 Å². The maximum Gasteiger partial charge on any atom is 0.176 e. The number of hydrogen-bond acceptors (Lipinski definition) is 3. The van der Waals surface area contributed by atoms with Gasteiger partial charge in [0.2, 0.25) is 0 Å². The molecule has 1 aromatic rings. The second-order valence-electron chi connectivity index (χ2n) is 1.84. The van der Waals surface area contributed by atoms with Crippen LogP contribution < -0.4 is 4.18 Å². The van der Waals surface area contributed by atoms with Crippen LogP contribution in [0, 0.1) is 0 Å². The van der Waals surface area contributed by atoms with Crippen LogP contribution in [0.15, 0.2) is 18.2 Å². The predicted molar refractivity (Wildman–Crippen MR) is 46.0 cm³/mol. The number of hydrogen-bond donors (Lipinski definition) is 0. The molecule has 1 unspecified atom stereocenters. The van der Waals surface area contributed by atoms with Gasteiger partial charge in [-0.2, -0.15) is 0 Å². The summed E-state index contributed by atoms with van der Waals surface area (Å²) in [4.78, 5) is 0. The summed E-state index contributed by atoms with van der Waals surface area (Å²) in [7, 11) is 0. The molecule has 0 N–H and O–H groups in total. The topological polar surface area (TPSA) is 49.4 Å². The minimum Gasteiger partial charge on any atom is -0.740 e. The van der Waals surface area contributed by atoms with E-state index in [1.54, 1.807) is 6.07 Å². The molecule has 1 aromatic carbocycles. The molecule has 0 saturated carbocycles. The lowest BCUT2D eigenvalue weighted by Crippen LogP contribution is -1.98. The van der Waals surface area contributed by atoms with E-state index in [0.717, 1.165) is 0 Å². The second kappa shape index (κ2) is 4.09. The molecule has 0 spiro atoms. The monoisotopic (exact) mass is 225 g/mol. The number of rotatable bonds is 2. The quantitative estimate of drug-likeness (QED) is 0.726. The molecule has 0 bridgehead atoms. The van der Waals surface area contributed by atoms with Crippen molar-refractivity contribution in [2.45, 2.75) is 0 Å². The lowest BCUT2D eigenvalue weighted by Gasteiger charge is -2.09. The average molecular weight is 226 g/mol. The SMILES string of the molecule is O=S([O-])Oc1c(Cl)cccc1Cl. The molecule has 1 atom stereocenters. The van der Waals surface area contributed by atoms with E-state index in [2.05, 4.69) is 4.18 Å². The van der Waals surface area contributed by atoms with Gasteiger partial charge in [0, 0.05) is 0 Å². The first-order valence-electron chi connectivity index (χ1n) is 2.83. The highest BCUT2D eigenvalue weighted by Crippen LogP contribution is 2.32. The Morgan fingerprint density at radius 1 is 1.33 bits per heavy atom. The zero-order valence-corrected chi connectivity index (χ0v) is 7.95. The summed E-state index contributed by atoms with van der Waals surface area (Å²) >= 11 is 8.53. The van der Waals surface area contributed by atoms with E-state index in [1.807, 2.05) is 0 Å². The first kappa shape index (κ1) is 9.80. The van der Waals surface area contributed by atoms with Gasteiger partial charge in [-0.25, -0.2) is 4.21 Å². The van der Waals surface area contributed by atoms with Crippen LogP contribution in [0.3, 0.4) is 0 Å². The maximum atomic E-state index is 10.1. The van der Waals surface area contributed by atoms with Crippen molar-refractivity contribution in [3.63, 3.8) is 0 Å². The first-order valence-corrected chi connectivity index (χ1v) is 4.58. The van der Waals surface area contributed by atoms with Crippen molar-refractivity contribution in [3.05, 3.63) is 28.2 Å². The lowest BCUT2D eigenvalue weighted by atomic mass is 10.3. The normalized spacial score (nSPS) is 12.6. The largest absolute Gasteiger partial charge is 0.740 e. The van der Waals surface area contributed by atoms with Crippen molar-refractivity contribution < 1.29 is 12.9 Å². The molecule has 66 valence electrons. The van der Waals surface area contributed by atoms with Gasteiger partial charge in [0.1, 0.15) is 11.4 Å². The molecule has 0 amide bonds.